The van der Waals surface area contributed by atoms with Gasteiger partial charge in [0.25, 0.3) is 6.43 Å². The summed E-state index contributed by atoms with van der Waals surface area (Å²) in [7, 11) is -3.66. The normalized spacial score (nSPS) is 14.3. The van der Waals surface area contributed by atoms with Crippen molar-refractivity contribution in [2.24, 2.45) is 0 Å². The molecule has 0 saturated carbocycles. The fraction of sp³-hybridized carbons (Fsp3) is 0.316. The molecule has 0 aliphatic carbocycles. The molecule has 0 spiro atoms. The minimum absolute atomic E-state index is 0.0106. The molecule has 1 saturated heterocycles. The maximum atomic E-state index is 12.6. The molecule has 2 heterocycles. The van der Waals surface area contributed by atoms with E-state index in [1.165, 1.54) is 35.4 Å². The summed E-state index contributed by atoms with van der Waals surface area (Å²) in [5.74, 6) is -0.507. The van der Waals surface area contributed by atoms with E-state index in [-0.39, 0.29) is 41.8 Å². The molecule has 8 nitrogen and oxygen atoms in total. The average molecular weight is 439 g/mol. The zero-order valence-electron chi connectivity index (χ0n) is 15.8. The van der Waals surface area contributed by atoms with Gasteiger partial charge in [0.1, 0.15) is 18.9 Å². The number of aryl methyl sites for hydroxylation is 1. The summed E-state index contributed by atoms with van der Waals surface area (Å²) in [4.78, 5) is 28.3. The van der Waals surface area contributed by atoms with Crippen LogP contribution in [-0.2, 0) is 27.6 Å². The zero-order valence-corrected chi connectivity index (χ0v) is 16.6. The molecule has 1 aromatic heterocycles. The van der Waals surface area contributed by atoms with Crippen LogP contribution in [0.2, 0.25) is 0 Å². The highest BCUT2D eigenvalue weighted by atomic mass is 32.2. The van der Waals surface area contributed by atoms with Crippen LogP contribution in [0.4, 0.5) is 13.6 Å². The molecule has 0 bridgehead atoms. The lowest BCUT2D eigenvalue weighted by Gasteiger charge is -2.12. The van der Waals surface area contributed by atoms with Crippen molar-refractivity contribution in [2.45, 2.75) is 24.3 Å². The number of urea groups is 1. The van der Waals surface area contributed by atoms with Crippen molar-refractivity contribution in [3.8, 4) is 5.75 Å². The second-order valence-corrected chi connectivity index (χ2v) is 8.72. The van der Waals surface area contributed by atoms with Crippen LogP contribution in [0.5, 0.6) is 5.75 Å². The Morgan fingerprint density at radius 3 is 2.63 bits per heavy atom. The van der Waals surface area contributed by atoms with Gasteiger partial charge < -0.3 is 9.64 Å². The molecule has 2 aromatic rings. The summed E-state index contributed by atoms with van der Waals surface area (Å²) in [6.07, 6.45) is -0.940. The van der Waals surface area contributed by atoms with E-state index in [0.29, 0.717) is 11.3 Å². The van der Waals surface area contributed by atoms with Gasteiger partial charge in [-0.3, -0.25) is 15.1 Å². The Labute approximate surface area is 171 Å². The number of pyridine rings is 1. The average Bonchev–Trinajstić information content (AvgIpc) is 3.03. The lowest BCUT2D eigenvalue weighted by Crippen LogP contribution is -2.28. The molecule has 0 unspecified atom stereocenters. The number of halogens is 2. The highest BCUT2D eigenvalue weighted by Gasteiger charge is 2.26. The fourth-order valence-electron chi connectivity index (χ4n) is 2.79. The summed E-state index contributed by atoms with van der Waals surface area (Å²) in [5, 5.41) is 2.18. The van der Waals surface area contributed by atoms with Gasteiger partial charge in [-0.15, -0.1) is 0 Å². The first-order valence-corrected chi connectivity index (χ1v) is 10.6. The van der Waals surface area contributed by atoms with Gasteiger partial charge in [-0.05, 0) is 36.2 Å². The number of rotatable bonds is 9. The van der Waals surface area contributed by atoms with E-state index >= 15 is 0 Å². The molecule has 3 amide bonds. The molecule has 0 atom stereocenters. The van der Waals surface area contributed by atoms with Gasteiger partial charge in [0.15, 0.2) is 9.84 Å². The van der Waals surface area contributed by atoms with Crippen LogP contribution >= 0.6 is 0 Å². The number of nitrogens with one attached hydrogen (secondary N) is 1. The van der Waals surface area contributed by atoms with E-state index in [0.717, 1.165) is 0 Å². The van der Waals surface area contributed by atoms with Crippen molar-refractivity contribution >= 4 is 21.8 Å². The molecule has 1 aromatic carbocycles. The van der Waals surface area contributed by atoms with Crippen molar-refractivity contribution in [3.05, 3.63) is 53.9 Å². The number of benzene rings is 1. The zero-order chi connectivity index (χ0) is 21.7. The number of imide groups is 1. The third-order valence-electron chi connectivity index (χ3n) is 4.31. The number of ether oxygens (including phenoxy) is 1. The Hall–Kier alpha value is -3.08. The molecule has 1 aliphatic rings. The number of nitrogens with zero attached hydrogens (tertiary/aromatic N) is 2. The number of carbonyl (C=O) groups excluding carboxylic acids is 2. The largest absolute Gasteiger partial charge is 0.488 e. The van der Waals surface area contributed by atoms with Gasteiger partial charge in [0.2, 0.25) is 5.91 Å². The molecule has 30 heavy (non-hydrogen) atoms. The molecule has 160 valence electrons. The van der Waals surface area contributed by atoms with Crippen LogP contribution in [0.25, 0.3) is 0 Å². The topological polar surface area (TPSA) is 106 Å². The Balaban J connectivity index is 1.58. The molecule has 11 heteroatoms. The van der Waals surface area contributed by atoms with Crippen LogP contribution < -0.4 is 10.1 Å². The minimum Gasteiger partial charge on any atom is -0.488 e. The molecule has 3 rings (SSSR count). The van der Waals surface area contributed by atoms with Crippen LogP contribution in [0.3, 0.4) is 0 Å². The van der Waals surface area contributed by atoms with Gasteiger partial charge in [-0.1, -0.05) is 12.1 Å². The SMILES string of the molecule is O=C1CN(Cc2ccc(CCS(=O)(=O)c3cccc(OCC(F)F)c3)cn2)C(=O)N1. The summed E-state index contributed by atoms with van der Waals surface area (Å²) >= 11 is 0. The van der Waals surface area contributed by atoms with E-state index in [4.69, 9.17) is 4.74 Å². The minimum atomic E-state index is -3.66. The van der Waals surface area contributed by atoms with Crippen LogP contribution in [0.1, 0.15) is 11.3 Å². The molecule has 1 aliphatic heterocycles. The predicted octanol–water partition coefficient (Wildman–Crippen LogP) is 1.79. The van der Waals surface area contributed by atoms with Gasteiger partial charge in [-0.25, -0.2) is 22.0 Å². The monoisotopic (exact) mass is 439 g/mol. The maximum Gasteiger partial charge on any atom is 0.324 e. The van der Waals surface area contributed by atoms with Crippen molar-refractivity contribution in [2.75, 3.05) is 18.9 Å². The molecular weight excluding hydrogens is 420 g/mol. The van der Waals surface area contributed by atoms with E-state index in [1.807, 2.05) is 0 Å². The Morgan fingerprint density at radius 2 is 2.00 bits per heavy atom. The lowest BCUT2D eigenvalue weighted by atomic mass is 10.2. The van der Waals surface area contributed by atoms with Crippen molar-refractivity contribution in [1.82, 2.24) is 15.2 Å². The Morgan fingerprint density at radius 1 is 1.20 bits per heavy atom. The van der Waals surface area contributed by atoms with Crippen LogP contribution in [0, 0.1) is 0 Å². The number of hydrogen-bond donors (Lipinski definition) is 1. The number of sulfone groups is 1. The number of alkyl halides is 2. The molecule has 0 radical (unpaired) electrons. The summed E-state index contributed by atoms with van der Waals surface area (Å²) < 4.78 is 54.5. The van der Waals surface area contributed by atoms with E-state index in [1.54, 1.807) is 12.1 Å². The first kappa shape index (κ1) is 21.6. The van der Waals surface area contributed by atoms with Crippen molar-refractivity contribution in [3.63, 3.8) is 0 Å². The first-order valence-electron chi connectivity index (χ1n) is 8.99. The summed E-state index contributed by atoms with van der Waals surface area (Å²) in [6.45, 7) is -0.670. The van der Waals surface area contributed by atoms with Crippen LogP contribution in [-0.4, -0.2) is 55.6 Å². The predicted molar refractivity (Wildman–Crippen MR) is 102 cm³/mol. The number of aromatic nitrogens is 1. The van der Waals surface area contributed by atoms with Crippen LogP contribution in [0.15, 0.2) is 47.5 Å². The van der Waals surface area contributed by atoms with Crippen molar-refractivity contribution in [1.29, 1.82) is 0 Å². The smallest absolute Gasteiger partial charge is 0.324 e. The van der Waals surface area contributed by atoms with Gasteiger partial charge >= 0.3 is 6.03 Å². The standard InChI is InChI=1S/C19H19F2N3O5S/c20-17(21)12-29-15-2-1-3-16(8-15)30(27,28)7-6-13-4-5-14(22-9-13)10-24-11-18(25)23-19(24)26/h1-5,8-9,17H,6-7,10-12H2,(H,23,25,26). The summed E-state index contributed by atoms with van der Waals surface area (Å²) in [6, 6.07) is 8.35. The lowest BCUT2D eigenvalue weighted by molar-refractivity contribution is -0.118. The second-order valence-electron chi connectivity index (χ2n) is 6.61. The van der Waals surface area contributed by atoms with Crippen molar-refractivity contribution < 1.29 is 31.5 Å². The van der Waals surface area contributed by atoms with Gasteiger partial charge in [-0.2, -0.15) is 0 Å². The first-order chi connectivity index (χ1) is 14.2. The van der Waals surface area contributed by atoms with Gasteiger partial charge in [0, 0.05) is 6.20 Å². The third-order valence-corrected chi connectivity index (χ3v) is 6.02. The maximum absolute atomic E-state index is 12.6. The molecular formula is C19H19F2N3O5S. The van der Waals surface area contributed by atoms with E-state index in [9.17, 15) is 26.8 Å². The fourth-order valence-corrected chi connectivity index (χ4v) is 4.11. The number of hydrogen-bond acceptors (Lipinski definition) is 6. The molecule has 1 fully saturated rings. The highest BCUT2D eigenvalue weighted by molar-refractivity contribution is 7.91. The third kappa shape index (κ3) is 5.72. The van der Waals surface area contributed by atoms with E-state index in [2.05, 4.69) is 10.3 Å². The number of amides is 3. The summed E-state index contributed by atoms with van der Waals surface area (Å²) in [5.41, 5.74) is 1.24. The van der Waals surface area contributed by atoms with E-state index < -0.39 is 28.9 Å². The number of carbonyl (C=O) groups is 2. The quantitative estimate of drug-likeness (QED) is 0.598. The Kier molecular flexibility index (Phi) is 6.60. The Bertz CT molecular complexity index is 1030. The molecule has 1 N–H and O–H groups in total. The van der Waals surface area contributed by atoms with Gasteiger partial charge in [0.05, 0.1) is 22.9 Å². The second kappa shape index (κ2) is 9.16. The highest BCUT2D eigenvalue weighted by Crippen LogP contribution is 2.20.